The van der Waals surface area contributed by atoms with E-state index in [-0.39, 0.29) is 21.9 Å². The van der Waals surface area contributed by atoms with Gasteiger partial charge in [-0.3, -0.25) is 9.69 Å². The average Bonchev–Trinajstić information content (AvgIpc) is 2.86. The number of nitrogen functional groups attached to an aromatic ring is 1. The number of carbonyl (C=O) groups is 1. The molecule has 1 aliphatic heterocycles. The van der Waals surface area contributed by atoms with Gasteiger partial charge in [0.25, 0.3) is 0 Å². The molecule has 38 heavy (non-hydrogen) atoms. The van der Waals surface area contributed by atoms with E-state index in [0.29, 0.717) is 47.0 Å². The summed E-state index contributed by atoms with van der Waals surface area (Å²) >= 11 is 0. The molecule has 1 aromatic heterocycles. The molecule has 0 radical (unpaired) electrons. The molecule has 5 rings (SSSR count). The normalized spacial score (nSPS) is 18.6. The van der Waals surface area contributed by atoms with Crippen LogP contribution in [0, 0.1) is 5.41 Å². The number of ether oxygens (including phenoxy) is 2. The largest absolute Gasteiger partial charge is 0.493 e. The highest BCUT2D eigenvalue weighted by molar-refractivity contribution is 7.89. The van der Waals surface area contributed by atoms with E-state index in [0.717, 1.165) is 11.3 Å². The first-order valence-electron chi connectivity index (χ1n) is 12.0. The number of ketones is 1. The van der Waals surface area contributed by atoms with Crippen LogP contribution in [0.5, 0.6) is 11.5 Å². The van der Waals surface area contributed by atoms with Crippen molar-refractivity contribution in [2.75, 3.05) is 24.9 Å². The van der Waals surface area contributed by atoms with Crippen LogP contribution in [0.4, 0.5) is 17.3 Å². The number of benzene rings is 2. The second-order valence-corrected chi connectivity index (χ2v) is 11.8. The molecule has 0 saturated carbocycles. The molecule has 3 aromatic rings. The highest BCUT2D eigenvalue weighted by Gasteiger charge is 2.45. The first-order valence-corrected chi connectivity index (χ1v) is 13.5. The molecule has 10 nitrogen and oxygen atoms in total. The third kappa shape index (κ3) is 4.27. The van der Waals surface area contributed by atoms with E-state index in [2.05, 4.69) is 9.97 Å². The van der Waals surface area contributed by atoms with Crippen molar-refractivity contribution in [2.45, 2.75) is 37.5 Å². The lowest BCUT2D eigenvalue weighted by Gasteiger charge is -2.44. The maximum atomic E-state index is 13.9. The van der Waals surface area contributed by atoms with Crippen molar-refractivity contribution in [1.29, 1.82) is 0 Å². The van der Waals surface area contributed by atoms with Crippen molar-refractivity contribution in [1.82, 2.24) is 9.97 Å². The Morgan fingerprint density at radius 3 is 2.32 bits per heavy atom. The Balaban J connectivity index is 1.80. The van der Waals surface area contributed by atoms with Gasteiger partial charge in [0.2, 0.25) is 10.0 Å². The number of rotatable bonds is 5. The summed E-state index contributed by atoms with van der Waals surface area (Å²) < 4.78 is 34.7. The van der Waals surface area contributed by atoms with Crippen LogP contribution in [-0.2, 0) is 14.8 Å². The average molecular weight is 536 g/mol. The second-order valence-electron chi connectivity index (χ2n) is 10.2. The molecule has 11 heteroatoms. The summed E-state index contributed by atoms with van der Waals surface area (Å²) in [5.41, 5.74) is 9.54. The van der Waals surface area contributed by atoms with Crippen LogP contribution in [0.3, 0.4) is 0 Å². The van der Waals surface area contributed by atoms with E-state index in [1.54, 1.807) is 32.4 Å². The predicted octanol–water partition coefficient (Wildman–Crippen LogP) is 3.65. The third-order valence-electron chi connectivity index (χ3n) is 7.01. The minimum absolute atomic E-state index is 0.00362. The highest BCUT2D eigenvalue weighted by atomic mass is 32.2. The van der Waals surface area contributed by atoms with E-state index in [9.17, 15) is 13.2 Å². The second kappa shape index (κ2) is 9.10. The van der Waals surface area contributed by atoms with E-state index in [1.165, 1.54) is 18.5 Å². The molecule has 0 fully saturated rings. The van der Waals surface area contributed by atoms with Crippen molar-refractivity contribution in [3.05, 3.63) is 71.2 Å². The Morgan fingerprint density at radius 1 is 1.00 bits per heavy atom. The monoisotopic (exact) mass is 535 g/mol. The molecule has 2 aliphatic rings. The maximum absolute atomic E-state index is 13.9. The number of hydrogen-bond donors (Lipinski definition) is 2. The molecule has 1 atom stereocenters. The molecule has 0 bridgehead atoms. The number of hydrogen-bond acceptors (Lipinski definition) is 9. The lowest BCUT2D eigenvalue weighted by molar-refractivity contribution is -0.118. The standard InChI is InChI=1S/C27H29N5O5S/c1-27(2)12-18-23(19(33)13-27)22(15-5-10-20(36-3)21(11-15)37-4)24-25(28)30-14-31-26(24)32(18)16-6-8-17(9-7-16)38(29,34)35/h5-11,14,22H,12-13H2,1-4H3,(H2,28,30,31)(H2,29,34,35). The topological polar surface area (TPSA) is 151 Å². The van der Waals surface area contributed by atoms with Gasteiger partial charge in [-0.25, -0.2) is 23.5 Å². The van der Waals surface area contributed by atoms with Gasteiger partial charge in [0.15, 0.2) is 17.3 Å². The number of aromatic nitrogens is 2. The van der Waals surface area contributed by atoms with Gasteiger partial charge in [-0.05, 0) is 53.8 Å². The molecular weight excluding hydrogens is 506 g/mol. The van der Waals surface area contributed by atoms with Crippen LogP contribution in [-0.4, -0.2) is 38.4 Å². The molecule has 0 amide bonds. The summed E-state index contributed by atoms with van der Waals surface area (Å²) in [4.78, 5) is 24.6. The first-order chi connectivity index (χ1) is 17.9. The number of fused-ring (bicyclic) bond motifs is 1. The predicted molar refractivity (Wildman–Crippen MR) is 143 cm³/mol. The van der Waals surface area contributed by atoms with Crippen molar-refractivity contribution >= 4 is 33.1 Å². The number of sulfonamides is 1. The number of nitrogens with zero attached hydrogens (tertiary/aromatic N) is 3. The summed E-state index contributed by atoms with van der Waals surface area (Å²) in [6.07, 6.45) is 2.32. The molecule has 1 unspecified atom stereocenters. The quantitative estimate of drug-likeness (QED) is 0.499. The van der Waals surface area contributed by atoms with Crippen LogP contribution in [0.2, 0.25) is 0 Å². The van der Waals surface area contributed by atoms with Crippen molar-refractivity contribution < 1.29 is 22.7 Å². The van der Waals surface area contributed by atoms with Crippen LogP contribution in [0.25, 0.3) is 0 Å². The van der Waals surface area contributed by atoms with Gasteiger partial charge >= 0.3 is 0 Å². The Bertz CT molecular complexity index is 1580. The van der Waals surface area contributed by atoms with Crippen molar-refractivity contribution in [2.24, 2.45) is 10.6 Å². The summed E-state index contributed by atoms with van der Waals surface area (Å²) in [6.45, 7) is 4.10. The van der Waals surface area contributed by atoms with Crippen molar-refractivity contribution in [3.63, 3.8) is 0 Å². The first kappa shape index (κ1) is 25.7. The molecule has 198 valence electrons. The van der Waals surface area contributed by atoms with Crippen LogP contribution in [0.1, 0.15) is 43.7 Å². The van der Waals surface area contributed by atoms with Crippen LogP contribution >= 0.6 is 0 Å². The lowest BCUT2D eigenvalue weighted by atomic mass is 9.68. The molecular formula is C27H29N5O5S. The van der Waals surface area contributed by atoms with Gasteiger partial charge in [-0.2, -0.15) is 0 Å². The van der Waals surface area contributed by atoms with Gasteiger partial charge in [-0.1, -0.05) is 19.9 Å². The molecule has 0 saturated heterocycles. The van der Waals surface area contributed by atoms with Crippen LogP contribution < -0.4 is 25.2 Å². The minimum Gasteiger partial charge on any atom is -0.493 e. The fraction of sp³-hybridized carbons (Fsp3) is 0.296. The number of nitrogens with two attached hydrogens (primary N) is 2. The minimum atomic E-state index is -3.88. The molecule has 2 heterocycles. The fourth-order valence-corrected chi connectivity index (χ4v) is 5.90. The van der Waals surface area contributed by atoms with E-state index >= 15 is 0 Å². The number of allylic oxidation sites excluding steroid dienone is 2. The summed E-state index contributed by atoms with van der Waals surface area (Å²) in [7, 11) is -0.761. The Hall–Kier alpha value is -3.96. The summed E-state index contributed by atoms with van der Waals surface area (Å²) in [5.74, 6) is 1.30. The van der Waals surface area contributed by atoms with E-state index in [4.69, 9.17) is 20.3 Å². The Morgan fingerprint density at radius 2 is 1.68 bits per heavy atom. The zero-order chi connectivity index (χ0) is 27.4. The van der Waals surface area contributed by atoms with Crippen molar-refractivity contribution in [3.8, 4) is 11.5 Å². The zero-order valence-electron chi connectivity index (χ0n) is 21.6. The Kier molecular flexibility index (Phi) is 6.15. The van der Waals surface area contributed by atoms with Gasteiger partial charge in [0.1, 0.15) is 18.0 Å². The fourth-order valence-electron chi connectivity index (χ4n) is 5.38. The number of primary sulfonamides is 1. The number of carbonyl (C=O) groups excluding carboxylic acids is 1. The molecule has 0 spiro atoms. The number of Topliss-reactive ketones (excluding diaryl/α,β-unsaturated/α-hetero) is 1. The smallest absolute Gasteiger partial charge is 0.238 e. The number of methoxy groups -OCH3 is 2. The van der Waals surface area contributed by atoms with Gasteiger partial charge in [-0.15, -0.1) is 0 Å². The molecule has 4 N–H and O–H groups in total. The third-order valence-corrected chi connectivity index (χ3v) is 7.94. The van der Waals surface area contributed by atoms with Crippen LogP contribution in [0.15, 0.2) is 65.0 Å². The molecule has 1 aliphatic carbocycles. The summed E-state index contributed by atoms with van der Waals surface area (Å²) in [6, 6.07) is 11.7. The highest BCUT2D eigenvalue weighted by Crippen LogP contribution is 2.54. The van der Waals surface area contributed by atoms with E-state index < -0.39 is 15.9 Å². The Labute approximate surface area is 221 Å². The number of anilines is 3. The summed E-state index contributed by atoms with van der Waals surface area (Å²) in [5, 5.41) is 5.32. The maximum Gasteiger partial charge on any atom is 0.238 e. The van der Waals surface area contributed by atoms with Gasteiger partial charge in [0.05, 0.1) is 19.1 Å². The van der Waals surface area contributed by atoms with Gasteiger partial charge < -0.3 is 15.2 Å². The zero-order valence-corrected chi connectivity index (χ0v) is 22.4. The SMILES string of the molecule is COc1ccc(C2C3=C(CC(C)(C)CC3=O)N(c3ccc(S(N)(=O)=O)cc3)c3ncnc(N)c32)cc1OC. The van der Waals surface area contributed by atoms with E-state index in [1.807, 2.05) is 30.9 Å². The van der Waals surface area contributed by atoms with Gasteiger partial charge in [0, 0.05) is 34.9 Å². The molecule has 2 aromatic carbocycles. The lowest BCUT2D eigenvalue weighted by Crippen LogP contribution is -2.38.